The summed E-state index contributed by atoms with van der Waals surface area (Å²) < 4.78 is 34.9. The lowest BCUT2D eigenvalue weighted by molar-refractivity contribution is -0.143. The van der Waals surface area contributed by atoms with Crippen LogP contribution in [-0.4, -0.2) is 74.8 Å². The van der Waals surface area contributed by atoms with E-state index < -0.39 is 36.3 Å². The van der Waals surface area contributed by atoms with Crippen molar-refractivity contribution in [3.63, 3.8) is 0 Å². The molecule has 2 aromatic carbocycles. The topological polar surface area (TPSA) is 148 Å². The van der Waals surface area contributed by atoms with Gasteiger partial charge in [-0.1, -0.05) is 110 Å². The number of carbonyl (C=O) groups excluding carboxylic acids is 4. The maximum atomic E-state index is 13.3. The third kappa shape index (κ3) is 19.5. The fourth-order valence-corrected chi connectivity index (χ4v) is 8.77. The molecule has 2 fully saturated rings. The molecule has 2 unspecified atom stereocenters. The Kier molecular flexibility index (Phi) is 20.5. The summed E-state index contributed by atoms with van der Waals surface area (Å²) in [5.41, 5.74) is 4.72. The molecule has 384 valence electrons. The van der Waals surface area contributed by atoms with E-state index in [2.05, 4.69) is 135 Å². The Labute approximate surface area is 427 Å². The van der Waals surface area contributed by atoms with Gasteiger partial charge < -0.3 is 39.1 Å². The third-order valence-corrected chi connectivity index (χ3v) is 13.6. The van der Waals surface area contributed by atoms with Crippen molar-refractivity contribution in [2.24, 2.45) is 11.8 Å². The van der Waals surface area contributed by atoms with Crippen LogP contribution in [0.5, 0.6) is 11.5 Å². The molecule has 2 aliphatic rings. The summed E-state index contributed by atoms with van der Waals surface area (Å²) in [5.74, 6) is 1.31. The molecule has 2 saturated carbocycles. The van der Waals surface area contributed by atoms with Crippen LogP contribution in [-0.2, 0) is 48.2 Å². The predicted octanol–water partition coefficient (Wildman–Crippen LogP) is 12.6. The van der Waals surface area contributed by atoms with Crippen molar-refractivity contribution >= 4 is 46.7 Å². The molecule has 2 aliphatic carbocycles. The van der Waals surface area contributed by atoms with Gasteiger partial charge in [-0.15, -0.1) is 0 Å². The number of amides is 2. The Bertz CT molecular complexity index is 1880. The van der Waals surface area contributed by atoms with Crippen LogP contribution in [0.15, 0.2) is 60.7 Å². The molecule has 0 aliphatic heterocycles. The van der Waals surface area contributed by atoms with Crippen LogP contribution in [0.3, 0.4) is 0 Å². The van der Waals surface area contributed by atoms with Crippen LogP contribution < -0.4 is 20.1 Å². The van der Waals surface area contributed by atoms with Crippen LogP contribution in [0.25, 0.3) is 0 Å². The largest absolute Gasteiger partial charge is 0.490 e. The van der Waals surface area contributed by atoms with Crippen molar-refractivity contribution in [1.82, 2.24) is 10.6 Å². The predicted molar refractivity (Wildman–Crippen MR) is 281 cm³/mol. The zero-order valence-electron chi connectivity index (χ0n) is 44.0. The minimum atomic E-state index is -0.837. The summed E-state index contributed by atoms with van der Waals surface area (Å²) >= 11 is 2.42. The number of benzene rings is 2. The number of hydrogen-bond donors (Lipinski definition) is 2. The molecule has 0 spiro atoms. The van der Waals surface area contributed by atoms with Gasteiger partial charge in [0.25, 0.3) is 0 Å². The maximum absolute atomic E-state index is 13.3. The molecule has 2 N–H and O–H groups in total. The highest BCUT2D eigenvalue weighted by molar-refractivity contribution is 14.1. The zero-order chi connectivity index (χ0) is 51.5. The van der Waals surface area contributed by atoms with E-state index in [-0.39, 0.29) is 69.3 Å². The first-order chi connectivity index (χ1) is 32.0. The molecule has 2 atom stereocenters. The monoisotopic (exact) mass is 1070 g/mol. The van der Waals surface area contributed by atoms with E-state index in [4.69, 9.17) is 28.4 Å². The molecule has 0 saturated heterocycles. The van der Waals surface area contributed by atoms with Gasteiger partial charge in [-0.25, -0.2) is 19.2 Å². The van der Waals surface area contributed by atoms with Gasteiger partial charge in [0.15, 0.2) is 12.2 Å². The van der Waals surface area contributed by atoms with Gasteiger partial charge in [0, 0.05) is 26.7 Å². The highest BCUT2D eigenvalue weighted by atomic mass is 127. The van der Waals surface area contributed by atoms with Gasteiger partial charge in [0.1, 0.15) is 37.9 Å². The summed E-state index contributed by atoms with van der Waals surface area (Å²) in [5, 5.41) is 6.13. The van der Waals surface area contributed by atoms with Gasteiger partial charge >= 0.3 is 24.1 Å². The first kappa shape index (κ1) is 57.3. The molecule has 2 aromatic rings. The lowest BCUT2D eigenvalue weighted by Gasteiger charge is -2.34. The van der Waals surface area contributed by atoms with Gasteiger partial charge in [-0.2, -0.15) is 0 Å². The van der Waals surface area contributed by atoms with E-state index in [0.29, 0.717) is 23.3 Å². The van der Waals surface area contributed by atoms with Gasteiger partial charge in [0.2, 0.25) is 0 Å². The van der Waals surface area contributed by atoms with Crippen LogP contribution in [0.2, 0.25) is 0 Å². The van der Waals surface area contributed by atoms with E-state index in [9.17, 15) is 19.2 Å². The van der Waals surface area contributed by atoms with Gasteiger partial charge in [0.05, 0.1) is 0 Å². The Morgan fingerprint density at radius 1 is 0.536 bits per heavy atom. The average Bonchev–Trinajstić information content (AvgIpc) is 3.25. The standard InChI is InChI=1S/C56H83IN2O10/c1-35(2)49(60)66-33-47(31-64-45-27-39(53(5,6)7)25-40(28-45)54(8,9)10)68-51(62)58-43-20-16-37(17-21-43)24-38-18-22-44(23-19-38)59-52(63)69-48(34-67-50(61)36(3)4)32-65-46-29-41(55(11,12)13)26-42(30-46)56(14,15)57/h25-30,37-38,43-44,47-48H,1,3,16-24,31-34H2,2,4-15H3,(H,58,62)(H,59,63). The van der Waals surface area contributed by atoms with Crippen molar-refractivity contribution in [2.75, 3.05) is 26.4 Å². The molecule has 12 nitrogen and oxygen atoms in total. The fourth-order valence-electron chi connectivity index (χ4n) is 8.46. The second kappa shape index (κ2) is 24.7. The van der Waals surface area contributed by atoms with E-state index >= 15 is 0 Å². The van der Waals surface area contributed by atoms with Gasteiger partial charge in [-0.3, -0.25) is 0 Å². The third-order valence-electron chi connectivity index (χ3n) is 13.0. The van der Waals surface area contributed by atoms with Crippen LogP contribution in [0, 0.1) is 11.8 Å². The smallest absolute Gasteiger partial charge is 0.407 e. The molecule has 0 bridgehead atoms. The minimum absolute atomic E-state index is 0.00575. The summed E-state index contributed by atoms with van der Waals surface area (Å²) in [4.78, 5) is 51.2. The number of halogens is 1. The van der Waals surface area contributed by atoms with Gasteiger partial charge in [-0.05, 0) is 160 Å². The number of carbonyl (C=O) groups is 4. The Balaban J connectivity index is 1.25. The number of esters is 2. The molecule has 69 heavy (non-hydrogen) atoms. The first-order valence-corrected chi connectivity index (χ1v) is 25.9. The van der Waals surface area contributed by atoms with Crippen LogP contribution >= 0.6 is 22.6 Å². The Morgan fingerprint density at radius 2 is 0.855 bits per heavy atom. The maximum Gasteiger partial charge on any atom is 0.407 e. The second-order valence-electron chi connectivity index (χ2n) is 23.1. The number of alkyl halides is 1. The van der Waals surface area contributed by atoms with Crippen molar-refractivity contribution in [3.05, 3.63) is 83.0 Å². The number of nitrogens with one attached hydrogen (secondary N) is 2. The van der Waals surface area contributed by atoms with Crippen molar-refractivity contribution in [1.29, 1.82) is 0 Å². The first-order valence-electron chi connectivity index (χ1n) is 24.8. The molecule has 4 rings (SSSR count). The Hall–Kier alpha value is -4.27. The van der Waals surface area contributed by atoms with Crippen molar-refractivity contribution in [2.45, 2.75) is 192 Å². The molecule has 0 radical (unpaired) electrons. The summed E-state index contributed by atoms with van der Waals surface area (Å²) in [6, 6.07) is 12.4. The average molecular weight is 1070 g/mol. The molecule has 2 amide bonds. The minimum Gasteiger partial charge on any atom is -0.490 e. The molecule has 13 heteroatoms. The number of hydrogen-bond acceptors (Lipinski definition) is 10. The number of rotatable bonds is 19. The van der Waals surface area contributed by atoms with E-state index in [1.54, 1.807) is 13.8 Å². The zero-order valence-corrected chi connectivity index (χ0v) is 46.2. The normalized spacial score (nSPS) is 19.8. The van der Waals surface area contributed by atoms with E-state index in [1.165, 1.54) is 0 Å². The quantitative estimate of drug-likeness (QED) is 0.0458. The molecular formula is C56H83IN2O10. The lowest BCUT2D eigenvalue weighted by atomic mass is 9.76. The highest BCUT2D eigenvalue weighted by Gasteiger charge is 2.31. The van der Waals surface area contributed by atoms with E-state index in [1.807, 2.05) is 24.3 Å². The molecule has 0 aromatic heterocycles. The fraction of sp³-hybridized carbons (Fsp3) is 0.643. The summed E-state index contributed by atoms with van der Waals surface area (Å²) in [7, 11) is 0. The molecular weight excluding hydrogens is 988 g/mol. The van der Waals surface area contributed by atoms with Crippen LogP contribution in [0.1, 0.15) is 170 Å². The number of alkyl carbamates (subject to hydrolysis) is 2. The lowest BCUT2D eigenvalue weighted by Crippen LogP contribution is -2.42. The second-order valence-corrected chi connectivity index (χ2v) is 25.8. The summed E-state index contributed by atoms with van der Waals surface area (Å²) in [6.45, 7) is 33.9. The summed E-state index contributed by atoms with van der Waals surface area (Å²) in [6.07, 6.45) is 5.66. The van der Waals surface area contributed by atoms with Crippen molar-refractivity contribution < 1.29 is 47.6 Å². The van der Waals surface area contributed by atoms with Crippen LogP contribution in [0.4, 0.5) is 9.59 Å². The number of ether oxygens (including phenoxy) is 6. The van der Waals surface area contributed by atoms with Crippen molar-refractivity contribution in [3.8, 4) is 11.5 Å². The Morgan fingerprint density at radius 3 is 1.16 bits per heavy atom. The highest BCUT2D eigenvalue weighted by Crippen LogP contribution is 2.38. The van der Waals surface area contributed by atoms with E-state index in [0.717, 1.165) is 80.0 Å². The SMILES string of the molecule is C=C(C)C(=O)OCC(COc1cc(C(C)(C)C)cc(C(C)(C)C)c1)OC(=O)NC1CCC(CC2CCC(NC(=O)OC(COC(=O)C(=C)C)COc3cc(C(C)(C)C)cc(C(C)(C)I)c3)CC2)CC1. The molecule has 0 heterocycles.